The fourth-order valence-electron chi connectivity index (χ4n) is 9.22. The molecule has 2 fully saturated rings. The lowest BCUT2D eigenvalue weighted by Gasteiger charge is -2.39. The monoisotopic (exact) mass is 820 g/mol. The third-order valence-electron chi connectivity index (χ3n) is 12.1. The van der Waals surface area contributed by atoms with E-state index in [-0.39, 0.29) is 62.1 Å². The fourth-order valence-corrected chi connectivity index (χ4v) is 13.2. The lowest BCUT2D eigenvalue weighted by atomic mass is 9.82. The van der Waals surface area contributed by atoms with Crippen LogP contribution in [0.1, 0.15) is 43.4 Å². The summed E-state index contributed by atoms with van der Waals surface area (Å²) in [5.74, 6) is -1.18. The van der Waals surface area contributed by atoms with Crippen LogP contribution in [-0.4, -0.2) is 79.3 Å². The van der Waals surface area contributed by atoms with Gasteiger partial charge in [-0.05, 0) is 47.0 Å². The molecule has 3 aliphatic heterocycles. The number of esters is 1. The third-order valence-corrected chi connectivity index (χ3v) is 16.5. The van der Waals surface area contributed by atoms with E-state index in [9.17, 15) is 29.6 Å². The number of carbonyl (C=O) groups is 4. The van der Waals surface area contributed by atoms with Gasteiger partial charge in [-0.1, -0.05) is 79.8 Å². The Kier molecular flexibility index (Phi) is 11.5. The van der Waals surface area contributed by atoms with Crippen molar-refractivity contribution in [1.29, 1.82) is 0 Å². The van der Waals surface area contributed by atoms with Crippen molar-refractivity contribution in [3.8, 4) is 5.75 Å². The summed E-state index contributed by atoms with van der Waals surface area (Å²) in [6.45, 7) is 7.82. The van der Waals surface area contributed by atoms with E-state index in [0.29, 0.717) is 28.3 Å². The number of non-ortho nitro benzene ring substituents is 1. The van der Waals surface area contributed by atoms with Crippen molar-refractivity contribution >= 4 is 54.0 Å². The molecule has 7 rings (SSSR count). The Morgan fingerprint density at radius 3 is 2.31 bits per heavy atom. The molecule has 0 aliphatic carbocycles. The smallest absolute Gasteiger partial charge is 0.304 e. The summed E-state index contributed by atoms with van der Waals surface area (Å²) in [7, 11) is -1.09. The first-order valence-corrected chi connectivity index (χ1v) is 22.7. The van der Waals surface area contributed by atoms with Crippen molar-refractivity contribution in [3.05, 3.63) is 124 Å². The molecule has 4 aromatic rings. The van der Waals surface area contributed by atoms with Gasteiger partial charge in [0, 0.05) is 49.3 Å². The van der Waals surface area contributed by atoms with Crippen LogP contribution in [0.15, 0.2) is 97.1 Å². The zero-order valence-corrected chi connectivity index (χ0v) is 34.7. The number of anilines is 2. The van der Waals surface area contributed by atoms with Gasteiger partial charge in [0.2, 0.25) is 11.8 Å². The Morgan fingerprint density at radius 1 is 1.00 bits per heavy atom. The minimum Gasteiger partial charge on any atom is -0.497 e. The fraction of sp³-hybridized carbons (Fsp3) is 0.364. The Bertz CT molecular complexity index is 2250. The summed E-state index contributed by atoms with van der Waals surface area (Å²) in [5, 5.41) is 23.3. The van der Waals surface area contributed by atoms with Gasteiger partial charge in [0.25, 0.3) is 11.6 Å². The number of rotatable bonds is 14. The normalized spacial score (nSPS) is 22.3. The van der Waals surface area contributed by atoms with Crippen LogP contribution in [0, 0.1) is 16.0 Å². The van der Waals surface area contributed by atoms with Crippen molar-refractivity contribution in [3.63, 3.8) is 0 Å². The highest BCUT2D eigenvalue weighted by molar-refractivity contribution is 6.91. The zero-order chi connectivity index (χ0) is 42.2. The molecule has 15 heteroatoms. The number of β-lactam (4-membered cyclic amide) rings is 1. The Labute approximate surface area is 343 Å². The van der Waals surface area contributed by atoms with Gasteiger partial charge in [0.05, 0.1) is 57.9 Å². The number of ether oxygens (including phenoxy) is 3. The quantitative estimate of drug-likeness (QED) is 0.0572. The zero-order valence-electron chi connectivity index (χ0n) is 33.7. The summed E-state index contributed by atoms with van der Waals surface area (Å²) in [4.78, 5) is 70.1. The molecular formula is C44H48N4O10Si. The minimum absolute atomic E-state index is 0.0813. The number of hydrogen-bond donors (Lipinski definition) is 1. The van der Waals surface area contributed by atoms with Gasteiger partial charge in [-0.2, -0.15) is 0 Å². The van der Waals surface area contributed by atoms with Gasteiger partial charge in [0.1, 0.15) is 5.75 Å². The molecule has 59 heavy (non-hydrogen) atoms. The number of benzene rings is 4. The van der Waals surface area contributed by atoms with E-state index in [1.54, 1.807) is 47.2 Å². The summed E-state index contributed by atoms with van der Waals surface area (Å²) in [6.07, 6.45) is -1.46. The van der Waals surface area contributed by atoms with E-state index in [1.807, 2.05) is 61.5 Å². The van der Waals surface area contributed by atoms with Crippen LogP contribution < -0.4 is 19.7 Å². The van der Waals surface area contributed by atoms with Crippen LogP contribution in [0.25, 0.3) is 0 Å². The van der Waals surface area contributed by atoms with Crippen LogP contribution in [0.5, 0.6) is 5.75 Å². The summed E-state index contributed by atoms with van der Waals surface area (Å²) < 4.78 is 17.8. The molecular weight excluding hydrogens is 773 g/mol. The highest BCUT2D eigenvalue weighted by atomic mass is 28.3. The van der Waals surface area contributed by atoms with E-state index < -0.39 is 48.7 Å². The first-order valence-electron chi connectivity index (χ1n) is 19.6. The molecule has 1 spiro atoms. The van der Waals surface area contributed by atoms with Gasteiger partial charge in [-0.3, -0.25) is 34.2 Å². The number of nitro benzene ring substituents is 1. The van der Waals surface area contributed by atoms with Crippen molar-refractivity contribution in [2.75, 3.05) is 30.1 Å². The SMILES string of the molecule is COc1ccc([Si](C)(C)[C@H]2[C@H](CC(=O)N(CCO)Cc3ccccc3)O[C@@]3(C(=O)N(Cc4ccc(N5C(=O)CC5OC(C)=O)cc4)c4ccc([N+](=O)[O-])cc43)[C@@H]2C)cc1. The van der Waals surface area contributed by atoms with Crippen LogP contribution in [0.3, 0.4) is 0 Å². The number of amides is 3. The lowest BCUT2D eigenvalue weighted by molar-refractivity contribution is -0.385. The van der Waals surface area contributed by atoms with E-state index >= 15 is 4.79 Å². The molecule has 1 unspecified atom stereocenters. The molecule has 14 nitrogen and oxygen atoms in total. The summed E-state index contributed by atoms with van der Waals surface area (Å²) in [6, 6.07) is 28.7. The predicted octanol–water partition coefficient (Wildman–Crippen LogP) is 5.40. The summed E-state index contributed by atoms with van der Waals surface area (Å²) in [5.41, 5.74) is 0.776. The summed E-state index contributed by atoms with van der Waals surface area (Å²) >= 11 is 0. The Hall–Kier alpha value is -5.90. The first-order chi connectivity index (χ1) is 28.2. The van der Waals surface area contributed by atoms with Crippen LogP contribution in [0.4, 0.5) is 17.1 Å². The average Bonchev–Trinajstić information content (AvgIpc) is 3.63. The molecule has 0 bridgehead atoms. The molecule has 4 aromatic carbocycles. The van der Waals surface area contributed by atoms with Gasteiger partial charge < -0.3 is 29.1 Å². The maximum atomic E-state index is 15.3. The second-order valence-electron chi connectivity index (χ2n) is 15.9. The lowest BCUT2D eigenvalue weighted by Crippen LogP contribution is -2.54. The molecule has 5 atom stereocenters. The van der Waals surface area contributed by atoms with E-state index in [1.165, 1.54) is 24.0 Å². The molecule has 2 saturated heterocycles. The second-order valence-corrected chi connectivity index (χ2v) is 20.6. The largest absolute Gasteiger partial charge is 0.497 e. The van der Waals surface area contributed by atoms with Crippen LogP contribution in [0.2, 0.25) is 18.6 Å². The minimum atomic E-state index is -2.68. The molecule has 3 aliphatic rings. The molecule has 1 N–H and O–H groups in total. The number of nitrogens with zero attached hydrogens (tertiary/aromatic N) is 4. The maximum Gasteiger partial charge on any atom is 0.304 e. The maximum absolute atomic E-state index is 15.3. The number of carbonyl (C=O) groups excluding carboxylic acids is 4. The molecule has 3 amide bonds. The van der Waals surface area contributed by atoms with Gasteiger partial charge >= 0.3 is 5.97 Å². The van der Waals surface area contributed by atoms with Crippen molar-refractivity contribution in [1.82, 2.24) is 4.90 Å². The predicted molar refractivity (Wildman–Crippen MR) is 222 cm³/mol. The second kappa shape index (κ2) is 16.4. The number of methoxy groups -OCH3 is 1. The van der Waals surface area contributed by atoms with E-state index in [2.05, 4.69) is 13.1 Å². The van der Waals surface area contributed by atoms with E-state index in [4.69, 9.17) is 14.2 Å². The highest BCUT2D eigenvalue weighted by Gasteiger charge is 2.67. The number of hydrogen-bond acceptors (Lipinski definition) is 10. The standard InChI is InChI=1S/C44H48N4O10Si/c1-28-42(59(4,5)35-18-16-34(56-3)17-19-35)38(24-39(51)45(21-22-49)26-30-9-7-6-8-10-30)58-44(28)36-23-33(48(54)55)15-20-37(36)46(43(44)53)27-31-11-13-32(14-12-31)47-40(52)25-41(47)57-29(2)50/h6-20,23,28,38,41-42,49H,21-22,24-27H2,1-5H3/t28-,38+,41?,42-,44+/m1/s1. The van der Waals surface area contributed by atoms with Crippen LogP contribution >= 0.6 is 0 Å². The molecule has 0 radical (unpaired) electrons. The van der Waals surface area contributed by atoms with Crippen molar-refractivity contribution < 1.29 is 43.4 Å². The van der Waals surface area contributed by atoms with Gasteiger partial charge in [-0.25, -0.2) is 0 Å². The number of aliphatic hydroxyl groups excluding tert-OH is 1. The highest BCUT2D eigenvalue weighted by Crippen LogP contribution is 2.60. The average molecular weight is 821 g/mol. The molecule has 3 heterocycles. The van der Waals surface area contributed by atoms with Crippen molar-refractivity contribution in [2.24, 2.45) is 5.92 Å². The van der Waals surface area contributed by atoms with Gasteiger partial charge in [-0.15, -0.1) is 0 Å². The molecule has 0 aromatic heterocycles. The van der Waals surface area contributed by atoms with E-state index in [0.717, 1.165) is 10.8 Å². The van der Waals surface area contributed by atoms with Crippen molar-refractivity contribution in [2.45, 2.75) is 76.3 Å². The number of nitro groups is 1. The molecule has 308 valence electrons. The third kappa shape index (κ3) is 7.61. The number of fused-ring (bicyclic) bond motifs is 2. The Morgan fingerprint density at radius 2 is 1.69 bits per heavy atom. The number of aliphatic hydroxyl groups is 1. The topological polar surface area (TPSA) is 169 Å². The first kappa shape index (κ1) is 41.3. The van der Waals surface area contributed by atoms with Gasteiger partial charge in [0.15, 0.2) is 11.8 Å². The Balaban J connectivity index is 1.27. The molecule has 0 saturated carbocycles. The van der Waals surface area contributed by atoms with Crippen LogP contribution in [-0.2, 0) is 47.3 Å².